The summed E-state index contributed by atoms with van der Waals surface area (Å²) in [5.74, 6) is -0.714. The van der Waals surface area contributed by atoms with E-state index in [4.69, 9.17) is 0 Å². The zero-order chi connectivity index (χ0) is 14.7. The van der Waals surface area contributed by atoms with Gasteiger partial charge < -0.3 is 10.1 Å². The quantitative estimate of drug-likeness (QED) is 0.852. The van der Waals surface area contributed by atoms with Gasteiger partial charge in [-0.25, -0.2) is 4.79 Å². The monoisotopic (exact) mass is 353 g/mol. The van der Waals surface area contributed by atoms with E-state index in [2.05, 4.69) is 26.0 Å². The highest BCUT2D eigenvalue weighted by molar-refractivity contribution is 9.10. The molecule has 0 saturated carbocycles. The zero-order valence-corrected chi connectivity index (χ0v) is 13.3. The Bertz CT molecular complexity index is 666. The van der Waals surface area contributed by atoms with Crippen LogP contribution in [0.4, 0.5) is 5.69 Å². The van der Waals surface area contributed by atoms with Gasteiger partial charge in [0.15, 0.2) is 0 Å². The predicted octanol–water partition coefficient (Wildman–Crippen LogP) is 3.86. The van der Waals surface area contributed by atoms with E-state index in [-0.39, 0.29) is 5.91 Å². The van der Waals surface area contributed by atoms with Crippen LogP contribution in [0.15, 0.2) is 34.1 Å². The number of hydrogen-bond donors (Lipinski definition) is 1. The number of methoxy groups -OCH3 is 1. The number of ether oxygens (including phenoxy) is 1. The van der Waals surface area contributed by atoms with E-state index in [1.165, 1.54) is 18.4 Å². The van der Waals surface area contributed by atoms with Crippen LogP contribution in [-0.4, -0.2) is 19.0 Å². The van der Waals surface area contributed by atoms with Gasteiger partial charge in [0, 0.05) is 10.0 Å². The average molecular weight is 354 g/mol. The molecule has 0 aliphatic rings. The van der Waals surface area contributed by atoms with Crippen molar-refractivity contribution in [3.63, 3.8) is 0 Å². The van der Waals surface area contributed by atoms with Crippen molar-refractivity contribution in [3.05, 3.63) is 50.1 Å². The minimum absolute atomic E-state index is 0.257. The van der Waals surface area contributed by atoms with E-state index in [0.717, 1.165) is 10.0 Å². The number of rotatable bonds is 3. The fourth-order valence-electron chi connectivity index (χ4n) is 1.70. The van der Waals surface area contributed by atoms with Crippen LogP contribution in [0, 0.1) is 6.92 Å². The highest BCUT2D eigenvalue weighted by Crippen LogP contribution is 2.25. The molecule has 2 aromatic rings. The number of nitrogens with one attached hydrogen (secondary N) is 1. The topological polar surface area (TPSA) is 55.4 Å². The molecule has 0 saturated heterocycles. The third-order valence-electron chi connectivity index (χ3n) is 2.80. The van der Waals surface area contributed by atoms with Gasteiger partial charge in [-0.05, 0) is 36.1 Å². The molecule has 2 rings (SSSR count). The summed E-state index contributed by atoms with van der Waals surface area (Å²) in [4.78, 5) is 24.2. The van der Waals surface area contributed by atoms with Gasteiger partial charge in [-0.3, -0.25) is 4.79 Å². The molecule has 0 fully saturated rings. The summed E-state index contributed by atoms with van der Waals surface area (Å²) in [5.41, 5.74) is 1.87. The van der Waals surface area contributed by atoms with Crippen molar-refractivity contribution in [2.24, 2.45) is 0 Å². The Labute approximate surface area is 128 Å². The normalized spacial score (nSPS) is 10.2. The zero-order valence-electron chi connectivity index (χ0n) is 10.9. The molecular formula is C14H12BrNO3S. The molecule has 0 atom stereocenters. The maximum Gasteiger partial charge on any atom is 0.350 e. The molecule has 0 aliphatic carbocycles. The summed E-state index contributed by atoms with van der Waals surface area (Å²) < 4.78 is 5.54. The summed E-state index contributed by atoms with van der Waals surface area (Å²) in [6.45, 7) is 1.85. The summed E-state index contributed by atoms with van der Waals surface area (Å²) in [7, 11) is 1.31. The number of hydrogen-bond acceptors (Lipinski definition) is 4. The van der Waals surface area contributed by atoms with E-state index >= 15 is 0 Å². The van der Waals surface area contributed by atoms with Crippen molar-refractivity contribution >= 4 is 44.8 Å². The Morgan fingerprint density at radius 1 is 1.30 bits per heavy atom. The Balaban J connectivity index is 2.27. The molecule has 1 aromatic carbocycles. The lowest BCUT2D eigenvalue weighted by molar-refractivity contribution is 0.0607. The number of esters is 1. The Kier molecular flexibility index (Phi) is 4.57. The van der Waals surface area contributed by atoms with Crippen molar-refractivity contribution in [2.75, 3.05) is 12.4 Å². The van der Waals surface area contributed by atoms with Gasteiger partial charge in [0.05, 0.1) is 12.8 Å². The second-order valence-electron chi connectivity index (χ2n) is 4.02. The van der Waals surface area contributed by atoms with Gasteiger partial charge in [-0.2, -0.15) is 0 Å². The van der Waals surface area contributed by atoms with Gasteiger partial charge in [0.25, 0.3) is 5.91 Å². The molecule has 0 radical (unpaired) electrons. The number of halogens is 1. The number of benzene rings is 1. The van der Waals surface area contributed by atoms with Crippen LogP contribution in [0.5, 0.6) is 0 Å². The minimum Gasteiger partial charge on any atom is -0.465 e. The lowest BCUT2D eigenvalue weighted by Gasteiger charge is -2.09. The smallest absolute Gasteiger partial charge is 0.350 e. The third-order valence-corrected chi connectivity index (χ3v) is 4.55. The van der Waals surface area contributed by atoms with Crippen LogP contribution < -0.4 is 5.32 Å². The Morgan fingerprint density at radius 3 is 2.75 bits per heavy atom. The van der Waals surface area contributed by atoms with Crippen molar-refractivity contribution in [1.82, 2.24) is 0 Å². The molecule has 1 heterocycles. The summed E-state index contributed by atoms with van der Waals surface area (Å²) in [5, 5.41) is 4.47. The number of thiophene rings is 1. The Morgan fingerprint density at radius 2 is 2.05 bits per heavy atom. The number of carbonyl (C=O) groups excluding carboxylic acids is 2. The van der Waals surface area contributed by atoms with Crippen LogP contribution in [0.1, 0.15) is 25.6 Å². The molecular weight excluding hydrogens is 342 g/mol. The molecule has 1 aromatic heterocycles. The number of amides is 1. The van der Waals surface area contributed by atoms with Gasteiger partial charge in [0.1, 0.15) is 4.88 Å². The molecule has 0 bridgehead atoms. The molecule has 6 heteroatoms. The van der Waals surface area contributed by atoms with E-state index in [9.17, 15) is 9.59 Å². The molecule has 1 amide bonds. The molecule has 1 N–H and O–H groups in total. The fourth-order valence-corrected chi connectivity index (χ4v) is 2.83. The summed E-state index contributed by atoms with van der Waals surface area (Å²) in [6.07, 6.45) is 0. The van der Waals surface area contributed by atoms with Crippen LogP contribution in [0.25, 0.3) is 0 Å². The molecule has 0 aliphatic heterocycles. The highest BCUT2D eigenvalue weighted by Gasteiger charge is 2.17. The van der Waals surface area contributed by atoms with Crippen molar-refractivity contribution in [1.29, 1.82) is 0 Å². The van der Waals surface area contributed by atoms with E-state index in [1.54, 1.807) is 23.6 Å². The summed E-state index contributed by atoms with van der Waals surface area (Å²) in [6, 6.07) is 7.08. The van der Waals surface area contributed by atoms with Crippen LogP contribution >= 0.6 is 27.3 Å². The van der Waals surface area contributed by atoms with Crippen molar-refractivity contribution in [3.8, 4) is 0 Å². The SMILES string of the molecule is COC(=O)c1sccc1NC(=O)c1cccc(Br)c1C. The van der Waals surface area contributed by atoms with Gasteiger partial charge in [-0.15, -0.1) is 11.3 Å². The van der Waals surface area contributed by atoms with Gasteiger partial charge in [-0.1, -0.05) is 22.0 Å². The second-order valence-corrected chi connectivity index (χ2v) is 5.79. The van der Waals surface area contributed by atoms with Crippen LogP contribution in [0.2, 0.25) is 0 Å². The fraction of sp³-hybridized carbons (Fsp3) is 0.143. The predicted molar refractivity (Wildman–Crippen MR) is 82.5 cm³/mol. The third kappa shape index (κ3) is 2.91. The molecule has 0 unspecified atom stereocenters. The lowest BCUT2D eigenvalue weighted by atomic mass is 10.1. The number of anilines is 1. The summed E-state index contributed by atoms with van der Waals surface area (Å²) >= 11 is 4.62. The first-order valence-corrected chi connectivity index (χ1v) is 7.44. The van der Waals surface area contributed by atoms with E-state index in [1.807, 2.05) is 13.0 Å². The average Bonchev–Trinajstić information content (AvgIpc) is 2.89. The maximum atomic E-state index is 12.3. The molecule has 0 spiro atoms. The minimum atomic E-state index is -0.457. The Hall–Kier alpha value is -1.66. The standard InChI is InChI=1S/C14H12BrNO3S/c1-8-9(4-3-5-10(8)15)13(17)16-11-6-7-20-12(11)14(18)19-2/h3-7H,1-2H3,(H,16,17). The van der Waals surface area contributed by atoms with Crippen LogP contribution in [-0.2, 0) is 4.74 Å². The van der Waals surface area contributed by atoms with Crippen molar-refractivity contribution in [2.45, 2.75) is 6.92 Å². The number of carbonyl (C=O) groups is 2. The van der Waals surface area contributed by atoms with Gasteiger partial charge >= 0.3 is 5.97 Å². The molecule has 4 nitrogen and oxygen atoms in total. The van der Waals surface area contributed by atoms with Crippen molar-refractivity contribution < 1.29 is 14.3 Å². The van der Waals surface area contributed by atoms with E-state index in [0.29, 0.717) is 16.1 Å². The maximum absolute atomic E-state index is 12.3. The highest BCUT2D eigenvalue weighted by atomic mass is 79.9. The molecule has 104 valence electrons. The van der Waals surface area contributed by atoms with Gasteiger partial charge in [0.2, 0.25) is 0 Å². The lowest BCUT2D eigenvalue weighted by Crippen LogP contribution is -2.15. The van der Waals surface area contributed by atoms with Crippen LogP contribution in [0.3, 0.4) is 0 Å². The largest absolute Gasteiger partial charge is 0.465 e. The first-order valence-electron chi connectivity index (χ1n) is 5.77. The first-order chi connectivity index (χ1) is 9.54. The van der Waals surface area contributed by atoms with E-state index < -0.39 is 5.97 Å². The first kappa shape index (κ1) is 14.7. The second kappa shape index (κ2) is 6.19. The molecule has 20 heavy (non-hydrogen) atoms.